The van der Waals surface area contributed by atoms with Crippen molar-refractivity contribution in [2.24, 2.45) is 11.3 Å². The third-order valence-corrected chi connectivity index (χ3v) is 5.36. The van der Waals surface area contributed by atoms with Gasteiger partial charge in [0, 0.05) is 6.04 Å². The van der Waals surface area contributed by atoms with E-state index in [1.165, 1.54) is 32.1 Å². The summed E-state index contributed by atoms with van der Waals surface area (Å²) in [5.41, 5.74) is 0.511. The van der Waals surface area contributed by atoms with E-state index in [-0.39, 0.29) is 0 Å². The summed E-state index contributed by atoms with van der Waals surface area (Å²) in [5, 5.41) is 3.63. The lowest BCUT2D eigenvalue weighted by Crippen LogP contribution is -2.36. The normalized spacial score (nSPS) is 24.6. The van der Waals surface area contributed by atoms with Crippen molar-refractivity contribution < 1.29 is 4.42 Å². The Balaban J connectivity index is 1.74. The molecule has 1 N–H and O–H groups in total. The van der Waals surface area contributed by atoms with Crippen LogP contribution in [0.15, 0.2) is 21.2 Å². The van der Waals surface area contributed by atoms with Crippen molar-refractivity contribution in [3.05, 3.63) is 22.6 Å². The van der Waals surface area contributed by atoms with Crippen LogP contribution in [0, 0.1) is 11.3 Å². The van der Waals surface area contributed by atoms with Crippen molar-refractivity contribution in [1.29, 1.82) is 0 Å². The van der Waals surface area contributed by atoms with Crippen LogP contribution in [-0.2, 0) is 6.54 Å². The summed E-state index contributed by atoms with van der Waals surface area (Å²) >= 11 is 3.34. The minimum Gasteiger partial charge on any atom is -0.453 e. The SMILES string of the molecule is CCC(C)(C)C1CCC(NCc2ccc(Br)o2)CC1. The van der Waals surface area contributed by atoms with Gasteiger partial charge in [0.1, 0.15) is 5.76 Å². The molecule has 1 aromatic heterocycles. The zero-order valence-corrected chi connectivity index (χ0v) is 13.9. The van der Waals surface area contributed by atoms with Gasteiger partial charge in [-0.2, -0.15) is 0 Å². The van der Waals surface area contributed by atoms with Gasteiger partial charge >= 0.3 is 0 Å². The van der Waals surface area contributed by atoms with E-state index in [4.69, 9.17) is 4.42 Å². The highest BCUT2D eigenvalue weighted by molar-refractivity contribution is 9.10. The molecule has 0 radical (unpaired) electrons. The van der Waals surface area contributed by atoms with E-state index in [0.29, 0.717) is 11.5 Å². The van der Waals surface area contributed by atoms with E-state index in [1.807, 2.05) is 12.1 Å². The Morgan fingerprint density at radius 3 is 2.47 bits per heavy atom. The predicted octanol–water partition coefficient (Wildman–Crippen LogP) is 5.13. The van der Waals surface area contributed by atoms with Gasteiger partial charge < -0.3 is 9.73 Å². The molecule has 0 saturated heterocycles. The standard InChI is InChI=1S/C16H26BrNO/c1-4-16(2,3)12-5-7-13(8-6-12)18-11-14-9-10-15(17)19-14/h9-10,12-13,18H,4-8,11H2,1-3H3. The fourth-order valence-corrected chi connectivity index (χ4v) is 3.40. The highest BCUT2D eigenvalue weighted by Gasteiger charge is 2.31. The van der Waals surface area contributed by atoms with E-state index >= 15 is 0 Å². The molecule has 108 valence electrons. The molecule has 0 unspecified atom stereocenters. The van der Waals surface area contributed by atoms with Crippen LogP contribution in [0.1, 0.15) is 58.6 Å². The lowest BCUT2D eigenvalue weighted by atomic mass is 9.69. The Morgan fingerprint density at radius 1 is 1.26 bits per heavy atom. The maximum Gasteiger partial charge on any atom is 0.169 e. The van der Waals surface area contributed by atoms with E-state index in [0.717, 1.165) is 22.9 Å². The molecule has 0 spiro atoms. The molecule has 1 aliphatic carbocycles. The molecule has 1 aliphatic rings. The van der Waals surface area contributed by atoms with Crippen molar-refractivity contribution in [1.82, 2.24) is 5.32 Å². The lowest BCUT2D eigenvalue weighted by Gasteiger charge is -2.39. The molecular formula is C16H26BrNO. The maximum absolute atomic E-state index is 5.52. The third kappa shape index (κ3) is 4.09. The van der Waals surface area contributed by atoms with Crippen LogP contribution in [0.2, 0.25) is 0 Å². The Bertz CT molecular complexity index is 391. The lowest BCUT2D eigenvalue weighted by molar-refractivity contribution is 0.136. The van der Waals surface area contributed by atoms with Gasteiger partial charge in [-0.05, 0) is 65.1 Å². The summed E-state index contributed by atoms with van der Waals surface area (Å²) in [6, 6.07) is 4.65. The van der Waals surface area contributed by atoms with Gasteiger partial charge in [-0.1, -0.05) is 27.2 Å². The first-order valence-electron chi connectivity index (χ1n) is 7.49. The number of furan rings is 1. The first-order valence-corrected chi connectivity index (χ1v) is 8.28. The average Bonchev–Trinajstić information content (AvgIpc) is 2.83. The van der Waals surface area contributed by atoms with Gasteiger partial charge in [-0.25, -0.2) is 0 Å². The molecule has 19 heavy (non-hydrogen) atoms. The summed E-state index contributed by atoms with van der Waals surface area (Å²) in [7, 11) is 0. The van der Waals surface area contributed by atoms with Crippen molar-refractivity contribution in [3.63, 3.8) is 0 Å². The smallest absolute Gasteiger partial charge is 0.169 e. The molecule has 3 heteroatoms. The molecule has 1 fully saturated rings. The predicted molar refractivity (Wildman–Crippen MR) is 83.1 cm³/mol. The zero-order chi connectivity index (χ0) is 13.9. The van der Waals surface area contributed by atoms with Gasteiger partial charge in [0.2, 0.25) is 0 Å². The van der Waals surface area contributed by atoms with Crippen molar-refractivity contribution >= 4 is 15.9 Å². The molecular weight excluding hydrogens is 302 g/mol. The van der Waals surface area contributed by atoms with Gasteiger partial charge in [0.05, 0.1) is 6.54 Å². The monoisotopic (exact) mass is 327 g/mol. The van der Waals surface area contributed by atoms with E-state index in [9.17, 15) is 0 Å². The molecule has 1 heterocycles. The minimum atomic E-state index is 0.511. The topological polar surface area (TPSA) is 25.2 Å². The van der Waals surface area contributed by atoms with E-state index < -0.39 is 0 Å². The summed E-state index contributed by atoms with van der Waals surface area (Å²) in [6.07, 6.45) is 6.61. The number of halogens is 1. The number of rotatable bonds is 5. The second-order valence-corrected chi connectivity index (χ2v) is 7.26. The molecule has 0 aromatic carbocycles. The zero-order valence-electron chi connectivity index (χ0n) is 12.3. The van der Waals surface area contributed by atoms with Crippen LogP contribution in [0.5, 0.6) is 0 Å². The fourth-order valence-electron chi connectivity index (χ4n) is 3.06. The molecule has 2 nitrogen and oxygen atoms in total. The van der Waals surface area contributed by atoms with Gasteiger partial charge in [-0.3, -0.25) is 0 Å². The molecule has 0 aliphatic heterocycles. The highest BCUT2D eigenvalue weighted by Crippen LogP contribution is 2.40. The maximum atomic E-state index is 5.52. The van der Waals surface area contributed by atoms with E-state index in [1.54, 1.807) is 0 Å². The number of hydrogen-bond acceptors (Lipinski definition) is 2. The Labute approximate surface area is 125 Å². The van der Waals surface area contributed by atoms with Crippen LogP contribution in [-0.4, -0.2) is 6.04 Å². The molecule has 1 aromatic rings. The molecule has 0 bridgehead atoms. The van der Waals surface area contributed by atoms with Crippen molar-refractivity contribution in [2.75, 3.05) is 0 Å². The quantitative estimate of drug-likeness (QED) is 0.811. The average molecular weight is 328 g/mol. The van der Waals surface area contributed by atoms with Gasteiger partial charge in [0.15, 0.2) is 4.67 Å². The van der Waals surface area contributed by atoms with E-state index in [2.05, 4.69) is 42.0 Å². The van der Waals surface area contributed by atoms with Crippen LogP contribution in [0.3, 0.4) is 0 Å². The number of hydrogen-bond donors (Lipinski definition) is 1. The van der Waals surface area contributed by atoms with Crippen LogP contribution in [0.4, 0.5) is 0 Å². The summed E-state index contributed by atoms with van der Waals surface area (Å²) in [5.74, 6) is 1.91. The highest BCUT2D eigenvalue weighted by atomic mass is 79.9. The van der Waals surface area contributed by atoms with Crippen molar-refractivity contribution in [3.8, 4) is 0 Å². The summed E-state index contributed by atoms with van der Waals surface area (Å²) < 4.78 is 6.34. The largest absolute Gasteiger partial charge is 0.453 e. The molecule has 0 atom stereocenters. The minimum absolute atomic E-state index is 0.511. The molecule has 2 rings (SSSR count). The summed E-state index contributed by atoms with van der Waals surface area (Å²) in [6.45, 7) is 8.01. The fraction of sp³-hybridized carbons (Fsp3) is 0.750. The van der Waals surface area contributed by atoms with Gasteiger partial charge in [0.25, 0.3) is 0 Å². The first kappa shape index (κ1) is 15.1. The summed E-state index contributed by atoms with van der Waals surface area (Å²) in [4.78, 5) is 0. The third-order valence-electron chi connectivity index (χ3n) is 4.94. The van der Waals surface area contributed by atoms with Crippen LogP contribution >= 0.6 is 15.9 Å². The second kappa shape index (κ2) is 6.45. The number of nitrogens with one attached hydrogen (secondary N) is 1. The Hall–Kier alpha value is -0.280. The van der Waals surface area contributed by atoms with Crippen LogP contribution < -0.4 is 5.32 Å². The second-order valence-electron chi connectivity index (χ2n) is 6.48. The van der Waals surface area contributed by atoms with Gasteiger partial charge in [-0.15, -0.1) is 0 Å². The van der Waals surface area contributed by atoms with Crippen molar-refractivity contribution in [2.45, 2.75) is 65.5 Å². The Kier molecular flexibility index (Phi) is 5.13. The molecule has 1 saturated carbocycles. The van der Waals surface area contributed by atoms with Crippen LogP contribution in [0.25, 0.3) is 0 Å². The Morgan fingerprint density at radius 2 is 1.95 bits per heavy atom. The molecule has 0 amide bonds. The first-order chi connectivity index (χ1) is 9.01.